The van der Waals surface area contributed by atoms with Crippen molar-refractivity contribution in [3.63, 3.8) is 0 Å². The van der Waals surface area contributed by atoms with Crippen molar-refractivity contribution in [2.24, 2.45) is 0 Å². The summed E-state index contributed by atoms with van der Waals surface area (Å²) in [4.78, 5) is 33.7. The van der Waals surface area contributed by atoms with E-state index in [0.29, 0.717) is 48.3 Å². The van der Waals surface area contributed by atoms with Crippen molar-refractivity contribution in [3.05, 3.63) is 52.8 Å². The van der Waals surface area contributed by atoms with Crippen molar-refractivity contribution in [2.75, 3.05) is 45.4 Å². The molecule has 4 rings (SSSR count). The van der Waals surface area contributed by atoms with Crippen LogP contribution in [0.2, 0.25) is 0 Å². The van der Waals surface area contributed by atoms with Gasteiger partial charge in [-0.05, 0) is 51.8 Å². The first-order valence-corrected chi connectivity index (χ1v) is 12.8. The van der Waals surface area contributed by atoms with Gasteiger partial charge in [0.15, 0.2) is 11.6 Å². The Morgan fingerprint density at radius 1 is 1.15 bits per heavy atom. The largest absolute Gasteiger partial charge is 0.497 e. The average Bonchev–Trinajstić information content (AvgIpc) is 2.91. The van der Waals surface area contributed by atoms with Gasteiger partial charge in [-0.3, -0.25) is 9.36 Å². The lowest BCUT2D eigenvalue weighted by atomic mass is 10.0. The first kappa shape index (κ1) is 28.2. The first-order valence-electron chi connectivity index (χ1n) is 12.8. The molecule has 1 amide bonds. The van der Waals surface area contributed by atoms with E-state index in [1.54, 1.807) is 32.6 Å². The van der Waals surface area contributed by atoms with Gasteiger partial charge in [0.05, 0.1) is 43.7 Å². The van der Waals surface area contributed by atoms with Gasteiger partial charge in [-0.1, -0.05) is 0 Å². The molecule has 1 fully saturated rings. The number of nitrogens with zero attached hydrogens (tertiary/aromatic N) is 4. The number of amides is 1. The monoisotopic (exact) mass is 542 g/mol. The van der Waals surface area contributed by atoms with Crippen LogP contribution in [0.25, 0.3) is 10.9 Å². The van der Waals surface area contributed by atoms with E-state index in [4.69, 9.17) is 14.2 Å². The van der Waals surface area contributed by atoms with Crippen LogP contribution in [0.4, 0.5) is 20.6 Å². The standard InChI is InChI=1S/C28H35FN4O6/c1-28(2,3)39-27(36)31-10-8-18(9-11-31)33-17-30-22-7-6-19(14-21(22)26(33)35)32(12-13-34)23-15-20(37-4)16-24(38-5)25(23)29/h6-7,14-18,34H,8-13H2,1-5H3. The van der Waals surface area contributed by atoms with Crippen LogP contribution in [-0.2, 0) is 4.74 Å². The molecule has 210 valence electrons. The number of benzene rings is 2. The zero-order valence-corrected chi connectivity index (χ0v) is 22.9. The summed E-state index contributed by atoms with van der Waals surface area (Å²) in [5.74, 6) is -0.240. The van der Waals surface area contributed by atoms with Crippen LogP contribution < -0.4 is 19.9 Å². The summed E-state index contributed by atoms with van der Waals surface area (Å²) in [6.07, 6.45) is 2.34. The number of anilines is 2. The third-order valence-electron chi connectivity index (χ3n) is 6.65. The minimum atomic E-state index is -0.618. The normalized spacial score (nSPS) is 14.4. The number of hydrogen-bond acceptors (Lipinski definition) is 8. The number of ether oxygens (including phenoxy) is 3. The van der Waals surface area contributed by atoms with Crippen LogP contribution >= 0.6 is 0 Å². The van der Waals surface area contributed by atoms with Crippen LogP contribution in [0, 0.1) is 5.82 Å². The number of piperidine rings is 1. The molecule has 11 heteroatoms. The number of hydrogen-bond donors (Lipinski definition) is 1. The van der Waals surface area contributed by atoms with Gasteiger partial charge in [-0.15, -0.1) is 0 Å². The van der Waals surface area contributed by atoms with Crippen molar-refractivity contribution in [1.29, 1.82) is 0 Å². The fraction of sp³-hybridized carbons (Fsp3) is 0.464. The number of fused-ring (bicyclic) bond motifs is 1. The Labute approximate surface area is 226 Å². The molecule has 2 aromatic carbocycles. The van der Waals surface area contributed by atoms with Gasteiger partial charge in [-0.2, -0.15) is 0 Å². The van der Waals surface area contributed by atoms with E-state index in [1.807, 2.05) is 20.8 Å². The maximum Gasteiger partial charge on any atom is 0.410 e. The van der Waals surface area contributed by atoms with Crippen molar-refractivity contribution < 1.29 is 28.5 Å². The molecule has 0 saturated carbocycles. The van der Waals surface area contributed by atoms with E-state index in [0.717, 1.165) is 0 Å². The number of methoxy groups -OCH3 is 2. The molecule has 1 aliphatic heterocycles. The highest BCUT2D eigenvalue weighted by atomic mass is 19.1. The summed E-state index contributed by atoms with van der Waals surface area (Å²) < 4.78 is 32.9. The predicted molar refractivity (Wildman–Crippen MR) is 146 cm³/mol. The maximum absolute atomic E-state index is 15.3. The summed E-state index contributed by atoms with van der Waals surface area (Å²) in [5.41, 5.74) is 0.331. The van der Waals surface area contributed by atoms with Crippen LogP contribution in [0.15, 0.2) is 41.5 Å². The summed E-state index contributed by atoms with van der Waals surface area (Å²) >= 11 is 0. The number of aliphatic hydroxyl groups is 1. The topological polar surface area (TPSA) is 106 Å². The molecule has 0 aliphatic carbocycles. The number of halogens is 1. The molecule has 0 bridgehead atoms. The van der Waals surface area contributed by atoms with E-state index in [-0.39, 0.29) is 42.3 Å². The Kier molecular flexibility index (Phi) is 8.29. The van der Waals surface area contributed by atoms with Crippen molar-refractivity contribution >= 4 is 28.4 Å². The van der Waals surface area contributed by atoms with Crippen molar-refractivity contribution in [3.8, 4) is 11.5 Å². The molecule has 1 aliphatic rings. The molecular weight excluding hydrogens is 507 g/mol. The van der Waals surface area contributed by atoms with Crippen molar-refractivity contribution in [1.82, 2.24) is 14.5 Å². The van der Waals surface area contributed by atoms with Gasteiger partial charge >= 0.3 is 6.09 Å². The van der Waals surface area contributed by atoms with Crippen LogP contribution in [-0.4, -0.2) is 71.7 Å². The molecule has 1 saturated heterocycles. The molecular formula is C28H35FN4O6. The highest BCUT2D eigenvalue weighted by Crippen LogP contribution is 2.37. The minimum Gasteiger partial charge on any atom is -0.497 e. The van der Waals surface area contributed by atoms with Gasteiger partial charge < -0.3 is 29.1 Å². The highest BCUT2D eigenvalue weighted by Gasteiger charge is 2.28. The summed E-state index contributed by atoms with van der Waals surface area (Å²) in [6, 6.07) is 7.88. The molecule has 39 heavy (non-hydrogen) atoms. The quantitative estimate of drug-likeness (QED) is 0.472. The van der Waals surface area contributed by atoms with E-state index in [1.165, 1.54) is 32.7 Å². The lowest BCUT2D eigenvalue weighted by molar-refractivity contribution is 0.0187. The molecule has 0 spiro atoms. The van der Waals surface area contributed by atoms with Crippen LogP contribution in [0.3, 0.4) is 0 Å². The molecule has 3 aromatic rings. The lowest BCUT2D eigenvalue weighted by Gasteiger charge is -2.34. The Bertz CT molecular complexity index is 1400. The van der Waals surface area contributed by atoms with E-state index >= 15 is 4.39 Å². The Hall–Kier alpha value is -3.86. The first-order chi connectivity index (χ1) is 18.6. The zero-order chi connectivity index (χ0) is 28.3. The average molecular weight is 543 g/mol. The molecule has 1 aromatic heterocycles. The molecule has 0 radical (unpaired) electrons. The Morgan fingerprint density at radius 3 is 2.49 bits per heavy atom. The van der Waals surface area contributed by atoms with E-state index in [9.17, 15) is 14.7 Å². The van der Waals surface area contributed by atoms with Gasteiger partial charge in [0, 0.05) is 43.5 Å². The van der Waals surface area contributed by atoms with Crippen molar-refractivity contribution in [2.45, 2.75) is 45.3 Å². The summed E-state index contributed by atoms with van der Waals surface area (Å²) in [5, 5.41) is 10.1. The second-order valence-corrected chi connectivity index (χ2v) is 10.4. The fourth-order valence-electron chi connectivity index (χ4n) is 4.71. The highest BCUT2D eigenvalue weighted by molar-refractivity contribution is 5.83. The fourth-order valence-corrected chi connectivity index (χ4v) is 4.71. The van der Waals surface area contributed by atoms with Gasteiger partial charge in [0.1, 0.15) is 11.4 Å². The summed E-state index contributed by atoms with van der Waals surface area (Å²) in [7, 11) is 2.83. The molecule has 1 N–H and O–H groups in total. The van der Waals surface area contributed by atoms with Gasteiger partial charge in [0.25, 0.3) is 5.56 Å². The molecule has 0 unspecified atom stereocenters. The lowest BCUT2D eigenvalue weighted by Crippen LogP contribution is -2.43. The number of rotatable bonds is 7. The minimum absolute atomic E-state index is 0.00479. The van der Waals surface area contributed by atoms with Gasteiger partial charge in [-0.25, -0.2) is 14.2 Å². The van der Waals surface area contributed by atoms with E-state index in [2.05, 4.69) is 4.98 Å². The zero-order valence-electron chi connectivity index (χ0n) is 22.9. The number of aliphatic hydroxyl groups excluding tert-OH is 1. The smallest absolute Gasteiger partial charge is 0.410 e. The number of aromatic nitrogens is 2. The third kappa shape index (κ3) is 6.08. The number of carbonyl (C=O) groups excluding carboxylic acids is 1. The molecule has 2 heterocycles. The maximum atomic E-state index is 15.3. The molecule has 0 atom stereocenters. The van der Waals surface area contributed by atoms with Crippen LogP contribution in [0.5, 0.6) is 11.5 Å². The Morgan fingerprint density at radius 2 is 1.87 bits per heavy atom. The second-order valence-electron chi connectivity index (χ2n) is 10.4. The second kappa shape index (κ2) is 11.5. The van der Waals surface area contributed by atoms with Crippen LogP contribution in [0.1, 0.15) is 39.7 Å². The SMILES string of the molecule is COc1cc(OC)c(F)c(N(CCO)c2ccc3ncn(C4CCN(C(=O)OC(C)(C)C)CC4)c(=O)c3c2)c1. The Balaban J connectivity index is 1.65. The van der Waals surface area contributed by atoms with Gasteiger partial charge in [0.2, 0.25) is 0 Å². The number of likely N-dealkylation sites (tertiary alicyclic amines) is 1. The summed E-state index contributed by atoms with van der Waals surface area (Å²) in [6.45, 7) is 6.21. The predicted octanol–water partition coefficient (Wildman–Crippen LogP) is 4.26. The molecule has 10 nitrogen and oxygen atoms in total. The number of carbonyl (C=O) groups is 1. The van der Waals surface area contributed by atoms with E-state index < -0.39 is 11.4 Å². The third-order valence-corrected chi connectivity index (χ3v) is 6.65.